The normalized spacial score (nSPS) is 22.5. The van der Waals surface area contributed by atoms with Crippen LogP contribution in [0.5, 0.6) is 0 Å². The molecule has 1 N–H and O–H groups in total. The zero-order valence-corrected chi connectivity index (χ0v) is 9.63. The number of methoxy groups -OCH3 is 1. The highest BCUT2D eigenvalue weighted by Gasteiger charge is 2.40. The fraction of sp³-hybridized carbons (Fsp3) is 0.636. The molecule has 0 amide bonds. The van der Waals surface area contributed by atoms with Gasteiger partial charge >= 0.3 is 0 Å². The summed E-state index contributed by atoms with van der Waals surface area (Å²) in [6.45, 7) is 1.33. The molecule has 3 nitrogen and oxygen atoms in total. The van der Waals surface area contributed by atoms with Gasteiger partial charge < -0.3 is 14.6 Å². The molecule has 2 heterocycles. The van der Waals surface area contributed by atoms with Crippen molar-refractivity contribution in [3.8, 4) is 0 Å². The predicted molar refractivity (Wildman–Crippen MR) is 59.1 cm³/mol. The van der Waals surface area contributed by atoms with Gasteiger partial charge in [-0.05, 0) is 11.4 Å². The van der Waals surface area contributed by atoms with Crippen LogP contribution in [0.15, 0.2) is 17.5 Å². The minimum Gasteiger partial charge on any atom is -0.385 e. The third-order valence-electron chi connectivity index (χ3n) is 3.06. The fourth-order valence-electron chi connectivity index (χ4n) is 2.01. The van der Waals surface area contributed by atoms with E-state index in [0.29, 0.717) is 13.2 Å². The van der Waals surface area contributed by atoms with E-state index >= 15 is 0 Å². The van der Waals surface area contributed by atoms with Crippen LogP contribution in [0.1, 0.15) is 23.8 Å². The molecule has 1 aliphatic rings. The van der Waals surface area contributed by atoms with Gasteiger partial charge in [-0.1, -0.05) is 6.07 Å². The first-order chi connectivity index (χ1) is 7.28. The van der Waals surface area contributed by atoms with Gasteiger partial charge in [0.2, 0.25) is 0 Å². The highest BCUT2D eigenvalue weighted by atomic mass is 32.1. The molecular formula is C11H16O3S. The second-order valence-electron chi connectivity index (χ2n) is 3.80. The Morgan fingerprint density at radius 1 is 1.53 bits per heavy atom. The van der Waals surface area contributed by atoms with Gasteiger partial charge in [-0.25, -0.2) is 0 Å². The van der Waals surface area contributed by atoms with E-state index in [0.717, 1.165) is 17.7 Å². The number of rotatable bonds is 3. The summed E-state index contributed by atoms with van der Waals surface area (Å²) in [5, 5.41) is 12.3. The van der Waals surface area contributed by atoms with Gasteiger partial charge in [0.25, 0.3) is 0 Å². The Hall–Kier alpha value is -0.420. The van der Waals surface area contributed by atoms with Crippen LogP contribution in [0.4, 0.5) is 0 Å². The summed E-state index contributed by atoms with van der Waals surface area (Å²) in [5.41, 5.74) is -0.455. The maximum atomic E-state index is 10.3. The number of hydrogen-bond acceptors (Lipinski definition) is 4. The molecular weight excluding hydrogens is 212 g/mol. The summed E-state index contributed by atoms with van der Waals surface area (Å²) in [4.78, 5) is 0.971. The minimum atomic E-state index is -0.536. The SMILES string of the molecule is COC1(C(O)c2cccs2)CCOCC1. The van der Waals surface area contributed by atoms with Gasteiger partial charge in [-0.2, -0.15) is 0 Å². The first-order valence-corrected chi connectivity index (χ1v) is 6.01. The molecule has 0 bridgehead atoms. The third kappa shape index (κ3) is 2.08. The number of aliphatic hydroxyl groups excluding tert-OH is 1. The zero-order chi connectivity index (χ0) is 10.7. The highest BCUT2D eigenvalue weighted by Crippen LogP contribution is 2.38. The van der Waals surface area contributed by atoms with E-state index in [1.165, 1.54) is 0 Å². The molecule has 2 rings (SSSR count). The lowest BCUT2D eigenvalue weighted by Crippen LogP contribution is -2.43. The van der Waals surface area contributed by atoms with E-state index in [1.54, 1.807) is 18.4 Å². The van der Waals surface area contributed by atoms with E-state index in [9.17, 15) is 5.11 Å². The Morgan fingerprint density at radius 2 is 2.27 bits per heavy atom. The molecule has 0 aromatic carbocycles. The highest BCUT2D eigenvalue weighted by molar-refractivity contribution is 7.10. The van der Waals surface area contributed by atoms with Crippen molar-refractivity contribution in [1.82, 2.24) is 0 Å². The molecule has 0 saturated carbocycles. The molecule has 1 aromatic rings. The number of hydrogen-bond donors (Lipinski definition) is 1. The van der Waals surface area contributed by atoms with Gasteiger partial charge in [-0.3, -0.25) is 0 Å². The topological polar surface area (TPSA) is 38.7 Å². The van der Waals surface area contributed by atoms with Crippen LogP contribution >= 0.6 is 11.3 Å². The summed E-state index contributed by atoms with van der Waals surface area (Å²) < 4.78 is 10.8. The van der Waals surface area contributed by atoms with Crippen molar-refractivity contribution in [3.63, 3.8) is 0 Å². The molecule has 84 valence electrons. The summed E-state index contributed by atoms with van der Waals surface area (Å²) in [7, 11) is 1.67. The molecule has 4 heteroatoms. The number of aliphatic hydroxyl groups is 1. The van der Waals surface area contributed by atoms with Crippen molar-refractivity contribution in [1.29, 1.82) is 0 Å². The Balaban J connectivity index is 2.18. The van der Waals surface area contributed by atoms with Crippen LogP contribution in [0.25, 0.3) is 0 Å². The van der Waals surface area contributed by atoms with E-state index in [4.69, 9.17) is 9.47 Å². The second-order valence-corrected chi connectivity index (χ2v) is 4.78. The van der Waals surface area contributed by atoms with Gasteiger partial charge in [0.1, 0.15) is 11.7 Å². The first-order valence-electron chi connectivity index (χ1n) is 5.13. The van der Waals surface area contributed by atoms with Crippen LogP contribution in [0.2, 0.25) is 0 Å². The van der Waals surface area contributed by atoms with Crippen molar-refractivity contribution in [2.45, 2.75) is 24.5 Å². The summed E-state index contributed by atoms with van der Waals surface area (Å²) >= 11 is 1.57. The van der Waals surface area contributed by atoms with Crippen LogP contribution < -0.4 is 0 Å². The van der Waals surface area contributed by atoms with Gasteiger partial charge in [-0.15, -0.1) is 11.3 Å². The predicted octanol–water partition coefficient (Wildman–Crippen LogP) is 1.98. The maximum absolute atomic E-state index is 10.3. The smallest absolute Gasteiger partial charge is 0.117 e. The monoisotopic (exact) mass is 228 g/mol. The Morgan fingerprint density at radius 3 is 2.80 bits per heavy atom. The average molecular weight is 228 g/mol. The molecule has 15 heavy (non-hydrogen) atoms. The van der Waals surface area contributed by atoms with Crippen molar-refractivity contribution in [2.24, 2.45) is 0 Å². The van der Waals surface area contributed by atoms with E-state index < -0.39 is 11.7 Å². The molecule has 1 atom stereocenters. The standard InChI is InChI=1S/C11H16O3S/c1-13-11(4-6-14-7-5-11)10(12)9-3-2-8-15-9/h2-3,8,10,12H,4-7H2,1H3. The molecule has 1 saturated heterocycles. The largest absolute Gasteiger partial charge is 0.385 e. The maximum Gasteiger partial charge on any atom is 0.117 e. The zero-order valence-electron chi connectivity index (χ0n) is 8.81. The lowest BCUT2D eigenvalue weighted by Gasteiger charge is -2.39. The molecule has 1 aliphatic heterocycles. The quantitative estimate of drug-likeness (QED) is 0.859. The number of thiophene rings is 1. The number of ether oxygens (including phenoxy) is 2. The summed E-state index contributed by atoms with van der Waals surface area (Å²) in [5.74, 6) is 0. The lowest BCUT2D eigenvalue weighted by atomic mass is 9.87. The van der Waals surface area contributed by atoms with Crippen molar-refractivity contribution >= 4 is 11.3 Å². The van der Waals surface area contributed by atoms with E-state index in [1.807, 2.05) is 17.5 Å². The minimum absolute atomic E-state index is 0.455. The Labute approximate surface area is 93.6 Å². The van der Waals surface area contributed by atoms with Crippen molar-refractivity contribution in [3.05, 3.63) is 22.4 Å². The van der Waals surface area contributed by atoms with Crippen LogP contribution in [-0.4, -0.2) is 31.0 Å². The molecule has 0 radical (unpaired) electrons. The van der Waals surface area contributed by atoms with Crippen LogP contribution in [-0.2, 0) is 9.47 Å². The summed E-state index contributed by atoms with van der Waals surface area (Å²) in [6, 6.07) is 3.90. The molecule has 1 fully saturated rings. The second kappa shape index (κ2) is 4.61. The average Bonchev–Trinajstić information content (AvgIpc) is 2.82. The molecule has 1 aromatic heterocycles. The lowest BCUT2D eigenvalue weighted by molar-refractivity contribution is -0.153. The molecule has 0 aliphatic carbocycles. The first kappa shape index (κ1) is 11.1. The van der Waals surface area contributed by atoms with Gasteiger partial charge in [0.15, 0.2) is 0 Å². The van der Waals surface area contributed by atoms with Gasteiger partial charge in [0, 0.05) is 38.0 Å². The Bertz CT molecular complexity index is 291. The van der Waals surface area contributed by atoms with Crippen molar-refractivity contribution in [2.75, 3.05) is 20.3 Å². The van der Waals surface area contributed by atoms with E-state index in [2.05, 4.69) is 0 Å². The molecule has 1 unspecified atom stereocenters. The van der Waals surface area contributed by atoms with Crippen LogP contribution in [0, 0.1) is 0 Å². The summed E-state index contributed by atoms with van der Waals surface area (Å²) in [6.07, 6.45) is 0.969. The molecule has 0 spiro atoms. The van der Waals surface area contributed by atoms with Crippen molar-refractivity contribution < 1.29 is 14.6 Å². The van der Waals surface area contributed by atoms with Crippen LogP contribution in [0.3, 0.4) is 0 Å². The fourth-order valence-corrected chi connectivity index (χ4v) is 2.83. The van der Waals surface area contributed by atoms with E-state index in [-0.39, 0.29) is 0 Å². The van der Waals surface area contributed by atoms with Gasteiger partial charge in [0.05, 0.1) is 0 Å². The Kier molecular flexibility index (Phi) is 3.41. The third-order valence-corrected chi connectivity index (χ3v) is 3.98.